The SMILES string of the molecule is Cc1cc(CCC(C)C)cc(C)c1-n1cc(C(F)(F)F)cn1. The van der Waals surface area contributed by atoms with Crippen molar-refractivity contribution in [3.05, 3.63) is 46.8 Å². The van der Waals surface area contributed by atoms with E-state index in [4.69, 9.17) is 0 Å². The third kappa shape index (κ3) is 3.70. The monoisotopic (exact) mass is 310 g/mol. The van der Waals surface area contributed by atoms with Gasteiger partial charge in [0.2, 0.25) is 0 Å². The summed E-state index contributed by atoms with van der Waals surface area (Å²) in [6.45, 7) is 8.18. The molecule has 120 valence electrons. The predicted octanol–water partition coefficient (Wildman–Crippen LogP) is 5.10. The molecule has 0 aliphatic rings. The lowest BCUT2D eigenvalue weighted by molar-refractivity contribution is -0.137. The van der Waals surface area contributed by atoms with Crippen molar-refractivity contribution in [3.8, 4) is 5.69 Å². The smallest absolute Gasteiger partial charge is 0.240 e. The zero-order chi connectivity index (χ0) is 16.5. The van der Waals surface area contributed by atoms with Crippen LogP contribution in [0.1, 0.15) is 42.5 Å². The molecule has 0 bridgehead atoms. The molecule has 5 heteroatoms. The maximum atomic E-state index is 12.7. The second-order valence-electron chi connectivity index (χ2n) is 6.18. The van der Waals surface area contributed by atoms with Gasteiger partial charge >= 0.3 is 6.18 Å². The summed E-state index contributed by atoms with van der Waals surface area (Å²) in [5.41, 5.74) is 3.10. The molecule has 2 nitrogen and oxygen atoms in total. The molecule has 0 spiro atoms. The summed E-state index contributed by atoms with van der Waals surface area (Å²) in [5.74, 6) is 0.626. The van der Waals surface area contributed by atoms with Gasteiger partial charge in [-0.3, -0.25) is 0 Å². The highest BCUT2D eigenvalue weighted by Gasteiger charge is 2.32. The van der Waals surface area contributed by atoms with E-state index < -0.39 is 11.7 Å². The fourth-order valence-electron chi connectivity index (χ4n) is 2.60. The zero-order valence-electron chi connectivity index (χ0n) is 13.3. The molecule has 0 N–H and O–H groups in total. The first-order valence-corrected chi connectivity index (χ1v) is 7.41. The fourth-order valence-corrected chi connectivity index (χ4v) is 2.60. The minimum atomic E-state index is -4.36. The Bertz CT molecular complexity index is 631. The van der Waals surface area contributed by atoms with Gasteiger partial charge in [0.1, 0.15) is 0 Å². The average Bonchev–Trinajstić information content (AvgIpc) is 2.85. The van der Waals surface area contributed by atoms with Crippen LogP contribution in [0.5, 0.6) is 0 Å². The Morgan fingerprint density at radius 3 is 2.18 bits per heavy atom. The molecule has 0 aliphatic heterocycles. The number of benzene rings is 1. The second kappa shape index (κ2) is 6.15. The lowest BCUT2D eigenvalue weighted by atomic mass is 9.98. The lowest BCUT2D eigenvalue weighted by Crippen LogP contribution is -2.05. The van der Waals surface area contributed by atoms with E-state index in [0.29, 0.717) is 5.92 Å². The summed E-state index contributed by atoms with van der Waals surface area (Å²) in [4.78, 5) is 0. The predicted molar refractivity (Wildman–Crippen MR) is 81.2 cm³/mol. The molecule has 22 heavy (non-hydrogen) atoms. The molecule has 2 aromatic rings. The first kappa shape index (κ1) is 16.6. The Kier molecular flexibility index (Phi) is 4.63. The van der Waals surface area contributed by atoms with E-state index in [2.05, 4.69) is 18.9 Å². The molecule has 0 saturated carbocycles. The van der Waals surface area contributed by atoms with Gasteiger partial charge in [-0.05, 0) is 49.3 Å². The average molecular weight is 310 g/mol. The molecular weight excluding hydrogens is 289 g/mol. The summed E-state index contributed by atoms with van der Waals surface area (Å²) in [6, 6.07) is 4.08. The van der Waals surface area contributed by atoms with Gasteiger partial charge in [-0.1, -0.05) is 26.0 Å². The molecule has 0 unspecified atom stereocenters. The Morgan fingerprint density at radius 2 is 1.73 bits per heavy atom. The van der Waals surface area contributed by atoms with Crippen molar-refractivity contribution in [3.63, 3.8) is 0 Å². The number of nitrogens with zero attached hydrogens (tertiary/aromatic N) is 2. The topological polar surface area (TPSA) is 17.8 Å². The van der Waals surface area contributed by atoms with Crippen LogP contribution in [-0.4, -0.2) is 9.78 Å². The van der Waals surface area contributed by atoms with Gasteiger partial charge in [0, 0.05) is 6.20 Å². The molecule has 0 fully saturated rings. The van der Waals surface area contributed by atoms with Crippen LogP contribution in [0, 0.1) is 19.8 Å². The Morgan fingerprint density at radius 1 is 1.14 bits per heavy atom. The molecule has 0 saturated heterocycles. The highest BCUT2D eigenvalue weighted by atomic mass is 19.4. The molecule has 0 aliphatic carbocycles. The maximum Gasteiger partial charge on any atom is 0.419 e. The summed E-state index contributed by atoms with van der Waals surface area (Å²) in [6.07, 6.45) is -0.378. The van der Waals surface area contributed by atoms with Crippen molar-refractivity contribution >= 4 is 0 Å². The van der Waals surface area contributed by atoms with Crippen LogP contribution < -0.4 is 0 Å². The number of hydrogen-bond donors (Lipinski definition) is 0. The van der Waals surface area contributed by atoms with E-state index in [1.165, 1.54) is 10.2 Å². The van der Waals surface area contributed by atoms with Crippen LogP contribution in [0.3, 0.4) is 0 Å². The third-order valence-electron chi connectivity index (χ3n) is 3.70. The Hall–Kier alpha value is -1.78. The molecule has 1 aromatic carbocycles. The maximum absolute atomic E-state index is 12.7. The quantitative estimate of drug-likeness (QED) is 0.768. The Labute approximate surface area is 129 Å². The highest BCUT2D eigenvalue weighted by molar-refractivity contribution is 5.49. The first-order chi connectivity index (χ1) is 10.2. The number of hydrogen-bond acceptors (Lipinski definition) is 1. The van der Waals surface area contributed by atoms with E-state index in [9.17, 15) is 13.2 Å². The van der Waals surface area contributed by atoms with Gasteiger partial charge in [0.05, 0.1) is 17.4 Å². The Balaban J connectivity index is 2.34. The third-order valence-corrected chi connectivity index (χ3v) is 3.70. The first-order valence-electron chi connectivity index (χ1n) is 7.41. The van der Waals surface area contributed by atoms with Crippen molar-refractivity contribution in [2.45, 2.75) is 46.7 Å². The minimum Gasteiger partial charge on any atom is -0.240 e. The van der Waals surface area contributed by atoms with Crippen LogP contribution in [-0.2, 0) is 12.6 Å². The molecule has 2 rings (SSSR count). The van der Waals surface area contributed by atoms with Crippen molar-refractivity contribution in [2.75, 3.05) is 0 Å². The molecule has 1 aromatic heterocycles. The van der Waals surface area contributed by atoms with Crippen LogP contribution in [0.15, 0.2) is 24.5 Å². The molecule has 0 radical (unpaired) electrons. The lowest BCUT2D eigenvalue weighted by Gasteiger charge is -2.13. The normalized spacial score (nSPS) is 12.2. The number of alkyl halides is 3. The zero-order valence-corrected chi connectivity index (χ0v) is 13.3. The van der Waals surface area contributed by atoms with Gasteiger partial charge in [-0.25, -0.2) is 4.68 Å². The number of aryl methyl sites for hydroxylation is 3. The summed E-state index contributed by atoms with van der Waals surface area (Å²) in [5, 5.41) is 3.88. The van der Waals surface area contributed by atoms with Crippen LogP contribution >= 0.6 is 0 Å². The van der Waals surface area contributed by atoms with Crippen molar-refractivity contribution in [1.82, 2.24) is 9.78 Å². The van der Waals surface area contributed by atoms with E-state index >= 15 is 0 Å². The largest absolute Gasteiger partial charge is 0.419 e. The number of halogens is 3. The fraction of sp³-hybridized carbons (Fsp3) is 0.471. The molecule has 0 atom stereocenters. The van der Waals surface area contributed by atoms with Crippen molar-refractivity contribution in [2.24, 2.45) is 5.92 Å². The van der Waals surface area contributed by atoms with Crippen LogP contribution in [0.4, 0.5) is 13.2 Å². The van der Waals surface area contributed by atoms with Crippen LogP contribution in [0.2, 0.25) is 0 Å². The molecule has 1 heterocycles. The summed E-state index contributed by atoms with van der Waals surface area (Å²) >= 11 is 0. The van der Waals surface area contributed by atoms with Gasteiger partial charge in [-0.15, -0.1) is 0 Å². The summed E-state index contributed by atoms with van der Waals surface area (Å²) in [7, 11) is 0. The van der Waals surface area contributed by atoms with Crippen molar-refractivity contribution in [1.29, 1.82) is 0 Å². The van der Waals surface area contributed by atoms with Gasteiger partial charge in [-0.2, -0.15) is 18.3 Å². The molecule has 0 amide bonds. The van der Waals surface area contributed by atoms with E-state index in [1.54, 1.807) is 0 Å². The van der Waals surface area contributed by atoms with Gasteiger partial charge < -0.3 is 0 Å². The van der Waals surface area contributed by atoms with Crippen LogP contribution in [0.25, 0.3) is 5.69 Å². The van der Waals surface area contributed by atoms with Crippen molar-refractivity contribution < 1.29 is 13.2 Å². The van der Waals surface area contributed by atoms with E-state index in [-0.39, 0.29) is 0 Å². The van der Waals surface area contributed by atoms with E-state index in [1.807, 2.05) is 26.0 Å². The minimum absolute atomic E-state index is 0.626. The standard InChI is InChI=1S/C17H21F3N2/c1-11(2)5-6-14-7-12(3)16(13(4)8-14)22-10-15(9-21-22)17(18,19)20/h7-11H,5-6H2,1-4H3. The number of aromatic nitrogens is 2. The second-order valence-corrected chi connectivity index (χ2v) is 6.18. The number of rotatable bonds is 4. The van der Waals surface area contributed by atoms with Gasteiger partial charge in [0.15, 0.2) is 0 Å². The van der Waals surface area contributed by atoms with E-state index in [0.717, 1.165) is 42.0 Å². The van der Waals surface area contributed by atoms with Gasteiger partial charge in [0.25, 0.3) is 0 Å². The molecular formula is C17H21F3N2. The summed E-state index contributed by atoms with van der Waals surface area (Å²) < 4.78 is 39.4. The highest BCUT2D eigenvalue weighted by Crippen LogP contribution is 2.30.